The molecule has 44 heavy (non-hydrogen) atoms. The predicted octanol–water partition coefficient (Wildman–Crippen LogP) is 9.76. The van der Waals surface area contributed by atoms with Gasteiger partial charge in [0.2, 0.25) is 0 Å². The number of allylic oxidation sites excluding steroid dienone is 4. The first-order valence-electron chi connectivity index (χ1n) is 15.0. The van der Waals surface area contributed by atoms with E-state index in [9.17, 15) is 0 Å². The van der Waals surface area contributed by atoms with Crippen molar-refractivity contribution in [2.75, 3.05) is 0 Å². The van der Waals surface area contributed by atoms with Gasteiger partial charge in [-0.25, -0.2) is 12.2 Å². The average Bonchev–Trinajstić information content (AvgIpc) is 3.64. The van der Waals surface area contributed by atoms with Crippen molar-refractivity contribution in [2.45, 2.75) is 79.1 Å². The Bertz CT molecular complexity index is 1480. The van der Waals surface area contributed by atoms with Crippen molar-refractivity contribution >= 4 is 40.6 Å². The largest absolute Gasteiger partial charge is 0.273 e. The van der Waals surface area contributed by atoms with E-state index in [-0.39, 0.29) is 35.6 Å². The molecule has 0 saturated heterocycles. The Hall–Kier alpha value is -1.96. The van der Waals surface area contributed by atoms with E-state index in [4.69, 9.17) is 0 Å². The van der Waals surface area contributed by atoms with E-state index in [1.54, 1.807) is 23.3 Å². The van der Waals surface area contributed by atoms with Gasteiger partial charge in [-0.2, -0.15) is 35.4 Å². The molecule has 0 unspecified atom stereocenters. The molecule has 6 rings (SSSR count). The van der Waals surface area contributed by atoms with Crippen LogP contribution in [0, 0.1) is 26.0 Å². The Balaban J connectivity index is 0.000000260. The number of benzene rings is 4. The minimum atomic E-state index is -0.488. The molecule has 0 aliphatic heterocycles. The Kier molecular flexibility index (Phi) is 14.4. The number of aryl methyl sites for hydroxylation is 2. The van der Waals surface area contributed by atoms with Gasteiger partial charge in [0.15, 0.2) is 0 Å². The van der Waals surface area contributed by atoms with Crippen molar-refractivity contribution in [2.24, 2.45) is 0 Å². The Morgan fingerprint density at radius 2 is 1.20 bits per heavy atom. The molecule has 0 fully saturated rings. The quantitative estimate of drug-likeness (QED) is 0.126. The monoisotopic (exact) mass is 714 g/mol. The second kappa shape index (κ2) is 16.6. The molecule has 2 aliphatic carbocycles. The molecule has 0 bridgehead atoms. The molecular formula is C40H46Cl2SiZr. The summed E-state index contributed by atoms with van der Waals surface area (Å²) in [6, 6.07) is 33.1. The summed E-state index contributed by atoms with van der Waals surface area (Å²) in [5.74, 6) is 0. The van der Waals surface area contributed by atoms with Gasteiger partial charge < -0.3 is 0 Å². The molecule has 228 valence electrons. The van der Waals surface area contributed by atoms with E-state index in [2.05, 4.69) is 152 Å². The molecule has 4 aromatic rings. The topological polar surface area (TPSA) is 0 Å². The minimum absolute atomic E-state index is 0. The van der Waals surface area contributed by atoms with Gasteiger partial charge in [0.05, 0.1) is 0 Å². The number of halogens is 2. The van der Waals surface area contributed by atoms with Crippen LogP contribution in [0.1, 0.15) is 81.3 Å². The standard InChI is InChI=1S/C21H25.C14H14Si.C5H5.2ClH.Zr/c1-20(2,3)16-9-7-14-11-15-8-10-17(21(4,5)6)13-19(15)18(14)12-16;1-11-3-7-13(8-4-11)15-14-9-5-12(2)6-10-14;1-2-4-5-3-1;;;/h7,9-10,12-13H,11H2,1-6H3;3-10H,1-2H3;1-3H,4H2;2*1H;/q-1;;-1;;;+2. The SMILES string of the molecule is CC(C)(C)c1c[c-]c2c(c1)-c1cc(C(C)(C)C)ccc1C2.Cc1ccc([Si](=[Zr+2])c2ccc(C)cc2)cc1.Cl.Cl.[C-]1=CC=CC1. The molecule has 0 atom stereocenters. The van der Waals surface area contributed by atoms with Gasteiger partial charge in [0, 0.05) is 0 Å². The summed E-state index contributed by atoms with van der Waals surface area (Å²) in [7, 11) is 0. The first-order valence-corrected chi connectivity index (χ1v) is 20.1. The number of fused-ring (bicyclic) bond motifs is 3. The summed E-state index contributed by atoms with van der Waals surface area (Å²) in [5.41, 5.74) is 11.0. The Morgan fingerprint density at radius 1 is 0.682 bits per heavy atom. The third-order valence-electron chi connectivity index (χ3n) is 7.79. The van der Waals surface area contributed by atoms with Gasteiger partial charge >= 0.3 is 113 Å². The van der Waals surface area contributed by atoms with E-state index in [0.717, 1.165) is 12.8 Å². The van der Waals surface area contributed by atoms with Crippen molar-refractivity contribution in [1.29, 1.82) is 0 Å². The molecule has 4 aromatic carbocycles. The van der Waals surface area contributed by atoms with Crippen molar-refractivity contribution in [3.8, 4) is 11.1 Å². The van der Waals surface area contributed by atoms with Crippen molar-refractivity contribution in [3.05, 3.63) is 143 Å². The van der Waals surface area contributed by atoms with Crippen LogP contribution < -0.4 is 10.4 Å². The average molecular weight is 717 g/mol. The fourth-order valence-corrected chi connectivity index (χ4v) is 8.72. The summed E-state index contributed by atoms with van der Waals surface area (Å²) in [6.45, 7) is 17.9. The summed E-state index contributed by atoms with van der Waals surface area (Å²) in [6.07, 6.45) is 11.0. The first-order chi connectivity index (χ1) is 19.8. The second-order valence-electron chi connectivity index (χ2n) is 13.4. The van der Waals surface area contributed by atoms with E-state index >= 15 is 0 Å². The zero-order valence-corrected chi connectivity index (χ0v) is 32.6. The molecule has 0 radical (unpaired) electrons. The number of rotatable bonds is 2. The third kappa shape index (κ3) is 10.3. The van der Waals surface area contributed by atoms with Crippen molar-refractivity contribution in [1.82, 2.24) is 0 Å². The van der Waals surface area contributed by atoms with Gasteiger partial charge in [-0.3, -0.25) is 6.08 Å². The zero-order valence-electron chi connectivity index (χ0n) is 27.5. The van der Waals surface area contributed by atoms with Gasteiger partial charge in [0.25, 0.3) is 0 Å². The van der Waals surface area contributed by atoms with Crippen molar-refractivity contribution < 1.29 is 23.3 Å². The molecule has 0 saturated carbocycles. The maximum absolute atomic E-state index is 3.53. The summed E-state index contributed by atoms with van der Waals surface area (Å²) in [5, 5.41) is 3.05. The predicted molar refractivity (Wildman–Crippen MR) is 194 cm³/mol. The molecule has 0 heterocycles. The van der Waals surface area contributed by atoms with Gasteiger partial charge in [-0.05, 0) is 17.4 Å². The molecule has 0 aromatic heterocycles. The van der Waals surface area contributed by atoms with E-state index < -0.39 is 5.43 Å². The molecule has 0 nitrogen and oxygen atoms in total. The second-order valence-corrected chi connectivity index (χ2v) is 19.0. The molecule has 4 heteroatoms. The molecule has 0 amide bonds. The van der Waals surface area contributed by atoms with Crippen LogP contribution in [0.25, 0.3) is 11.1 Å². The normalized spacial score (nSPS) is 12.4. The maximum atomic E-state index is 3.53. The van der Waals surface area contributed by atoms with E-state index in [0.29, 0.717) is 0 Å². The van der Waals surface area contributed by atoms with Gasteiger partial charge in [-0.15, -0.1) is 36.8 Å². The number of hydrogen-bond donors (Lipinski definition) is 0. The minimum Gasteiger partial charge on any atom is -0.273 e. The first kappa shape index (κ1) is 38.2. The van der Waals surface area contributed by atoms with E-state index in [1.165, 1.54) is 54.9 Å². The summed E-state index contributed by atoms with van der Waals surface area (Å²) in [4.78, 5) is 0. The van der Waals surface area contributed by atoms with Crippen LogP contribution in [0.15, 0.2) is 97.1 Å². The Labute approximate surface area is 294 Å². The van der Waals surface area contributed by atoms with Crippen molar-refractivity contribution in [3.63, 3.8) is 0 Å². The fourth-order valence-electron chi connectivity index (χ4n) is 4.93. The van der Waals surface area contributed by atoms with E-state index in [1.807, 2.05) is 12.2 Å². The van der Waals surface area contributed by atoms with Crippen LogP contribution >= 0.6 is 24.8 Å². The Morgan fingerprint density at radius 3 is 1.64 bits per heavy atom. The smallest absolute Gasteiger partial charge is 0.109 e. The van der Waals surface area contributed by atoms with Crippen LogP contribution in [0.2, 0.25) is 0 Å². The van der Waals surface area contributed by atoms with Gasteiger partial charge in [0.1, 0.15) is 0 Å². The maximum Gasteiger partial charge on any atom is -0.109 e. The fraction of sp³-hybridized carbons (Fsp3) is 0.300. The van der Waals surface area contributed by atoms with Crippen LogP contribution in [-0.4, -0.2) is 5.43 Å². The summed E-state index contributed by atoms with van der Waals surface area (Å²) >= 11 is 1.65. The van der Waals surface area contributed by atoms with Crippen LogP contribution in [0.4, 0.5) is 0 Å². The van der Waals surface area contributed by atoms with Crippen LogP contribution in [0.5, 0.6) is 0 Å². The zero-order chi connectivity index (χ0) is 30.5. The van der Waals surface area contributed by atoms with Crippen LogP contribution in [-0.2, 0) is 40.6 Å². The molecule has 0 N–H and O–H groups in total. The molecular weight excluding hydrogens is 671 g/mol. The molecule has 2 aliphatic rings. The summed E-state index contributed by atoms with van der Waals surface area (Å²) < 4.78 is 0. The van der Waals surface area contributed by atoms with Gasteiger partial charge in [-0.1, -0.05) is 76.3 Å². The number of hydrogen-bond acceptors (Lipinski definition) is 0. The molecule has 0 spiro atoms. The van der Waals surface area contributed by atoms with Crippen LogP contribution in [0.3, 0.4) is 0 Å². The third-order valence-corrected chi connectivity index (χ3v) is 13.9.